The van der Waals surface area contributed by atoms with Gasteiger partial charge in [0.25, 0.3) is 0 Å². The molecule has 0 spiro atoms. The molecule has 1 heterocycles. The normalized spacial score (nSPS) is 18.4. The quantitative estimate of drug-likeness (QED) is 0.764. The summed E-state index contributed by atoms with van der Waals surface area (Å²) < 4.78 is 5.15. The topological polar surface area (TPSA) is 62.4 Å². The number of amides is 2. The first-order chi connectivity index (χ1) is 9.78. The van der Waals surface area contributed by atoms with E-state index in [0.29, 0.717) is 12.5 Å². The van der Waals surface area contributed by atoms with Crippen LogP contribution >= 0.6 is 0 Å². The fraction of sp³-hybridized carbons (Fsp3) is 0.533. The van der Waals surface area contributed by atoms with Gasteiger partial charge in [-0.15, -0.1) is 0 Å². The molecule has 3 N–H and O–H groups in total. The Morgan fingerprint density at radius 2 is 2.35 bits per heavy atom. The van der Waals surface area contributed by atoms with Crippen LogP contribution in [0.3, 0.4) is 0 Å². The minimum absolute atomic E-state index is 0.113. The molecule has 0 aliphatic carbocycles. The Morgan fingerprint density at radius 3 is 3.10 bits per heavy atom. The Labute approximate surface area is 120 Å². The molecule has 0 saturated carbocycles. The van der Waals surface area contributed by atoms with Gasteiger partial charge in [0.1, 0.15) is 5.75 Å². The number of carbonyl (C=O) groups is 1. The van der Waals surface area contributed by atoms with Crippen LogP contribution in [0.1, 0.15) is 18.4 Å². The summed E-state index contributed by atoms with van der Waals surface area (Å²) in [5, 5.41) is 9.14. The van der Waals surface area contributed by atoms with E-state index in [1.807, 2.05) is 24.3 Å². The fourth-order valence-corrected chi connectivity index (χ4v) is 2.36. The monoisotopic (exact) mass is 277 g/mol. The molecule has 0 radical (unpaired) electrons. The van der Waals surface area contributed by atoms with E-state index in [4.69, 9.17) is 4.74 Å². The predicted molar refractivity (Wildman–Crippen MR) is 78.8 cm³/mol. The van der Waals surface area contributed by atoms with Crippen molar-refractivity contribution in [2.45, 2.75) is 19.4 Å². The number of carbonyl (C=O) groups excluding carboxylic acids is 1. The van der Waals surface area contributed by atoms with E-state index in [2.05, 4.69) is 16.0 Å². The van der Waals surface area contributed by atoms with Crippen LogP contribution < -0.4 is 20.7 Å². The van der Waals surface area contributed by atoms with Gasteiger partial charge in [0.15, 0.2) is 0 Å². The van der Waals surface area contributed by atoms with Gasteiger partial charge in [-0.3, -0.25) is 0 Å². The number of hydrogen-bond acceptors (Lipinski definition) is 3. The van der Waals surface area contributed by atoms with Crippen LogP contribution in [0.25, 0.3) is 0 Å². The number of nitrogens with one attached hydrogen (secondary N) is 3. The molecule has 0 bridgehead atoms. The first-order valence-electron chi connectivity index (χ1n) is 7.13. The molecule has 1 atom stereocenters. The van der Waals surface area contributed by atoms with Gasteiger partial charge in [0, 0.05) is 13.1 Å². The van der Waals surface area contributed by atoms with Crippen molar-refractivity contribution in [1.29, 1.82) is 0 Å². The van der Waals surface area contributed by atoms with Crippen molar-refractivity contribution in [2.24, 2.45) is 5.92 Å². The Kier molecular flexibility index (Phi) is 5.68. The van der Waals surface area contributed by atoms with Gasteiger partial charge in [-0.25, -0.2) is 4.79 Å². The molecule has 5 nitrogen and oxygen atoms in total. The lowest BCUT2D eigenvalue weighted by molar-refractivity contribution is 0.236. The van der Waals surface area contributed by atoms with E-state index in [9.17, 15) is 4.79 Å². The highest BCUT2D eigenvalue weighted by Crippen LogP contribution is 2.12. The van der Waals surface area contributed by atoms with E-state index >= 15 is 0 Å². The molecule has 20 heavy (non-hydrogen) atoms. The summed E-state index contributed by atoms with van der Waals surface area (Å²) in [7, 11) is 1.64. The lowest BCUT2D eigenvalue weighted by Gasteiger charge is -2.22. The second-order valence-corrected chi connectivity index (χ2v) is 5.13. The zero-order chi connectivity index (χ0) is 14.2. The average molecular weight is 277 g/mol. The van der Waals surface area contributed by atoms with Gasteiger partial charge in [0.05, 0.1) is 7.11 Å². The number of urea groups is 1. The van der Waals surface area contributed by atoms with E-state index in [-0.39, 0.29) is 6.03 Å². The third-order valence-corrected chi connectivity index (χ3v) is 3.54. The smallest absolute Gasteiger partial charge is 0.315 e. The van der Waals surface area contributed by atoms with Crippen LogP contribution in [0.2, 0.25) is 0 Å². The highest BCUT2D eigenvalue weighted by Gasteiger charge is 2.13. The zero-order valence-corrected chi connectivity index (χ0v) is 11.9. The van der Waals surface area contributed by atoms with Crippen molar-refractivity contribution in [1.82, 2.24) is 16.0 Å². The van der Waals surface area contributed by atoms with Crippen molar-refractivity contribution in [3.8, 4) is 5.75 Å². The van der Waals surface area contributed by atoms with Crippen LogP contribution in [0, 0.1) is 5.92 Å². The summed E-state index contributed by atoms with van der Waals surface area (Å²) in [5.74, 6) is 1.35. The second kappa shape index (κ2) is 7.75. The second-order valence-electron chi connectivity index (χ2n) is 5.13. The third kappa shape index (κ3) is 4.74. The molecule has 0 aromatic heterocycles. The van der Waals surface area contributed by atoms with Gasteiger partial charge in [0.2, 0.25) is 0 Å². The zero-order valence-electron chi connectivity index (χ0n) is 11.9. The molecular weight excluding hydrogens is 254 g/mol. The van der Waals surface area contributed by atoms with Crippen molar-refractivity contribution in [3.05, 3.63) is 29.8 Å². The molecule has 1 unspecified atom stereocenters. The third-order valence-electron chi connectivity index (χ3n) is 3.54. The van der Waals surface area contributed by atoms with Crippen molar-refractivity contribution >= 4 is 6.03 Å². The standard InChI is InChI=1S/C15H23N3O2/c1-20-14-6-2-4-12(8-14)10-17-15(19)18-11-13-5-3-7-16-9-13/h2,4,6,8,13,16H,3,5,7,9-11H2,1H3,(H2,17,18,19). The molecule has 1 aromatic carbocycles. The van der Waals surface area contributed by atoms with Gasteiger partial charge in [-0.05, 0) is 49.5 Å². The van der Waals surface area contributed by atoms with E-state index in [1.54, 1.807) is 7.11 Å². The van der Waals surface area contributed by atoms with Crippen LogP contribution in [-0.2, 0) is 6.54 Å². The summed E-state index contributed by atoms with van der Waals surface area (Å²) in [6.07, 6.45) is 2.38. The maximum absolute atomic E-state index is 11.7. The Balaban J connectivity index is 1.68. The first-order valence-corrected chi connectivity index (χ1v) is 7.13. The summed E-state index contributed by atoms with van der Waals surface area (Å²) >= 11 is 0. The van der Waals surface area contributed by atoms with E-state index in [0.717, 1.165) is 30.9 Å². The summed E-state index contributed by atoms with van der Waals surface area (Å²) in [6.45, 7) is 3.33. The Morgan fingerprint density at radius 1 is 1.45 bits per heavy atom. The number of benzene rings is 1. The fourth-order valence-electron chi connectivity index (χ4n) is 2.36. The molecule has 1 aliphatic rings. The minimum atomic E-state index is -0.113. The molecule has 1 aromatic rings. The summed E-state index contributed by atoms with van der Waals surface area (Å²) in [4.78, 5) is 11.7. The first kappa shape index (κ1) is 14.7. The highest BCUT2D eigenvalue weighted by molar-refractivity contribution is 5.73. The maximum atomic E-state index is 11.7. The molecular formula is C15H23N3O2. The molecule has 5 heteroatoms. The lowest BCUT2D eigenvalue weighted by Crippen LogP contribution is -2.41. The van der Waals surface area contributed by atoms with E-state index in [1.165, 1.54) is 12.8 Å². The number of hydrogen-bond donors (Lipinski definition) is 3. The maximum Gasteiger partial charge on any atom is 0.315 e. The molecule has 1 aliphatic heterocycles. The number of methoxy groups -OCH3 is 1. The minimum Gasteiger partial charge on any atom is -0.497 e. The number of ether oxygens (including phenoxy) is 1. The highest BCUT2D eigenvalue weighted by atomic mass is 16.5. The predicted octanol–water partition coefficient (Wildman–Crippen LogP) is 1.49. The van der Waals surface area contributed by atoms with Crippen LogP contribution in [0.4, 0.5) is 4.79 Å². The molecule has 2 amide bonds. The summed E-state index contributed by atoms with van der Waals surface area (Å²) in [6, 6.07) is 7.58. The van der Waals surface area contributed by atoms with Gasteiger partial charge < -0.3 is 20.7 Å². The van der Waals surface area contributed by atoms with Gasteiger partial charge in [-0.2, -0.15) is 0 Å². The molecule has 1 fully saturated rings. The van der Waals surface area contributed by atoms with Gasteiger partial charge in [-0.1, -0.05) is 12.1 Å². The van der Waals surface area contributed by atoms with Crippen LogP contribution in [-0.4, -0.2) is 32.8 Å². The molecule has 110 valence electrons. The van der Waals surface area contributed by atoms with Gasteiger partial charge >= 0.3 is 6.03 Å². The molecule has 1 saturated heterocycles. The largest absolute Gasteiger partial charge is 0.497 e. The Bertz CT molecular complexity index is 431. The van der Waals surface area contributed by atoms with Crippen molar-refractivity contribution < 1.29 is 9.53 Å². The van der Waals surface area contributed by atoms with Crippen molar-refractivity contribution in [2.75, 3.05) is 26.7 Å². The van der Waals surface area contributed by atoms with Crippen molar-refractivity contribution in [3.63, 3.8) is 0 Å². The number of rotatable bonds is 5. The van der Waals surface area contributed by atoms with Crippen LogP contribution in [0.5, 0.6) is 5.75 Å². The summed E-state index contributed by atoms with van der Waals surface area (Å²) in [5.41, 5.74) is 1.03. The SMILES string of the molecule is COc1cccc(CNC(=O)NCC2CCCNC2)c1. The lowest BCUT2D eigenvalue weighted by atomic mass is 10.00. The average Bonchev–Trinajstić information content (AvgIpc) is 2.52. The number of piperidine rings is 1. The molecule has 2 rings (SSSR count). The Hall–Kier alpha value is -1.75. The van der Waals surface area contributed by atoms with Crippen LogP contribution in [0.15, 0.2) is 24.3 Å². The van der Waals surface area contributed by atoms with E-state index < -0.39 is 0 Å².